The summed E-state index contributed by atoms with van der Waals surface area (Å²) < 4.78 is 13.7. The molecule has 0 unspecified atom stereocenters. The van der Waals surface area contributed by atoms with Crippen molar-refractivity contribution in [2.75, 3.05) is 18.5 Å². The molecule has 1 atom stereocenters. The minimum absolute atomic E-state index is 0.199. The first-order chi connectivity index (χ1) is 7.59. The van der Waals surface area contributed by atoms with E-state index in [-0.39, 0.29) is 11.9 Å². The van der Waals surface area contributed by atoms with Crippen LogP contribution in [0.3, 0.4) is 0 Å². The van der Waals surface area contributed by atoms with Gasteiger partial charge in [-0.05, 0) is 37.8 Å². The molecule has 0 amide bonds. The Balaban J connectivity index is 2.26. The number of nitrogens with zero attached hydrogens (tertiary/aromatic N) is 1. The Morgan fingerprint density at radius 1 is 1.50 bits per heavy atom. The zero-order chi connectivity index (χ0) is 11.7. The van der Waals surface area contributed by atoms with Gasteiger partial charge in [-0.2, -0.15) is 0 Å². The minimum Gasteiger partial charge on any atom is -0.374 e. The fourth-order valence-corrected chi connectivity index (χ4v) is 2.10. The molecule has 2 N–H and O–H groups in total. The Labute approximate surface area is 96.2 Å². The normalized spacial score (nSPS) is 17.2. The van der Waals surface area contributed by atoms with Crippen molar-refractivity contribution in [3.8, 4) is 0 Å². The third-order valence-corrected chi connectivity index (χ3v) is 3.13. The summed E-state index contributed by atoms with van der Waals surface area (Å²) in [6, 6.07) is 4.91. The summed E-state index contributed by atoms with van der Waals surface area (Å²) in [5, 5.41) is 0. The van der Waals surface area contributed by atoms with E-state index in [2.05, 4.69) is 4.90 Å². The standard InChI is InChI=1S/C13H19FN2/c1-9(15)13-11(14)4-3-5-12(13)16(2)8-10-6-7-10/h3-5,9-10H,6-8,15H2,1-2H3/t9-/m0/s1. The van der Waals surface area contributed by atoms with Gasteiger partial charge < -0.3 is 10.6 Å². The summed E-state index contributed by atoms with van der Waals surface area (Å²) in [5.41, 5.74) is 7.40. The fraction of sp³-hybridized carbons (Fsp3) is 0.538. The lowest BCUT2D eigenvalue weighted by Gasteiger charge is -2.24. The smallest absolute Gasteiger partial charge is 0.130 e. The molecule has 1 fully saturated rings. The number of halogens is 1. The lowest BCUT2D eigenvalue weighted by molar-refractivity contribution is 0.592. The Kier molecular flexibility index (Phi) is 3.15. The van der Waals surface area contributed by atoms with E-state index in [0.717, 1.165) is 18.2 Å². The molecule has 0 saturated heterocycles. The van der Waals surface area contributed by atoms with Gasteiger partial charge in [0.1, 0.15) is 5.82 Å². The van der Waals surface area contributed by atoms with Gasteiger partial charge in [0.2, 0.25) is 0 Å². The van der Waals surface area contributed by atoms with E-state index in [1.54, 1.807) is 6.07 Å². The first-order valence-corrected chi connectivity index (χ1v) is 5.84. The van der Waals surface area contributed by atoms with Crippen LogP contribution in [0, 0.1) is 11.7 Å². The summed E-state index contributed by atoms with van der Waals surface area (Å²) in [5.74, 6) is 0.587. The Morgan fingerprint density at radius 3 is 2.75 bits per heavy atom. The monoisotopic (exact) mass is 222 g/mol. The van der Waals surface area contributed by atoms with E-state index in [0.29, 0.717) is 5.56 Å². The number of nitrogens with two attached hydrogens (primary N) is 1. The van der Waals surface area contributed by atoms with E-state index in [4.69, 9.17) is 5.73 Å². The molecule has 1 aromatic carbocycles. The molecular formula is C13H19FN2. The molecule has 1 aliphatic rings. The molecule has 2 nitrogen and oxygen atoms in total. The third kappa shape index (κ3) is 2.35. The van der Waals surface area contributed by atoms with E-state index in [9.17, 15) is 4.39 Å². The average molecular weight is 222 g/mol. The second-order valence-electron chi connectivity index (χ2n) is 4.79. The Hall–Kier alpha value is -1.09. The molecular weight excluding hydrogens is 203 g/mol. The predicted molar refractivity (Wildman–Crippen MR) is 65.0 cm³/mol. The van der Waals surface area contributed by atoms with Crippen molar-refractivity contribution >= 4 is 5.69 Å². The summed E-state index contributed by atoms with van der Waals surface area (Å²) in [6.07, 6.45) is 2.60. The molecule has 0 spiro atoms. The topological polar surface area (TPSA) is 29.3 Å². The van der Waals surface area contributed by atoms with Crippen LogP contribution < -0.4 is 10.6 Å². The van der Waals surface area contributed by atoms with Gasteiger partial charge in [-0.3, -0.25) is 0 Å². The summed E-state index contributed by atoms with van der Waals surface area (Å²) >= 11 is 0. The number of rotatable bonds is 4. The van der Waals surface area contributed by atoms with Crippen molar-refractivity contribution in [3.63, 3.8) is 0 Å². The van der Waals surface area contributed by atoms with E-state index >= 15 is 0 Å². The van der Waals surface area contributed by atoms with Crippen molar-refractivity contribution in [3.05, 3.63) is 29.6 Å². The quantitative estimate of drug-likeness (QED) is 0.848. The predicted octanol–water partition coefficient (Wildman–Crippen LogP) is 2.69. The highest BCUT2D eigenvalue weighted by Gasteiger charge is 2.24. The van der Waals surface area contributed by atoms with Gasteiger partial charge in [0.05, 0.1) is 0 Å². The van der Waals surface area contributed by atoms with Crippen molar-refractivity contribution < 1.29 is 4.39 Å². The molecule has 1 saturated carbocycles. The van der Waals surface area contributed by atoms with E-state index in [1.807, 2.05) is 20.0 Å². The first kappa shape index (κ1) is 11.4. The van der Waals surface area contributed by atoms with E-state index < -0.39 is 0 Å². The van der Waals surface area contributed by atoms with Crippen molar-refractivity contribution in [2.24, 2.45) is 11.7 Å². The molecule has 0 bridgehead atoms. The summed E-state index contributed by atoms with van der Waals surface area (Å²) in [7, 11) is 2.01. The highest BCUT2D eigenvalue weighted by atomic mass is 19.1. The Morgan fingerprint density at radius 2 is 2.19 bits per heavy atom. The van der Waals surface area contributed by atoms with E-state index in [1.165, 1.54) is 18.9 Å². The molecule has 3 heteroatoms. The molecule has 0 aliphatic heterocycles. The van der Waals surface area contributed by atoms with Crippen LogP contribution in [-0.4, -0.2) is 13.6 Å². The van der Waals surface area contributed by atoms with Crippen LogP contribution in [0.15, 0.2) is 18.2 Å². The van der Waals surface area contributed by atoms with Crippen LogP contribution in [0.1, 0.15) is 31.4 Å². The van der Waals surface area contributed by atoms with Gasteiger partial charge in [-0.1, -0.05) is 6.07 Å². The van der Waals surface area contributed by atoms with Crippen LogP contribution >= 0.6 is 0 Å². The lowest BCUT2D eigenvalue weighted by atomic mass is 10.1. The highest BCUT2D eigenvalue weighted by Crippen LogP contribution is 2.33. The highest BCUT2D eigenvalue weighted by molar-refractivity contribution is 5.55. The van der Waals surface area contributed by atoms with Gasteiger partial charge in [0.15, 0.2) is 0 Å². The number of benzene rings is 1. The molecule has 16 heavy (non-hydrogen) atoms. The zero-order valence-corrected chi connectivity index (χ0v) is 9.91. The molecule has 2 rings (SSSR count). The third-order valence-electron chi connectivity index (χ3n) is 3.13. The zero-order valence-electron chi connectivity index (χ0n) is 9.91. The molecule has 1 aromatic rings. The van der Waals surface area contributed by atoms with Gasteiger partial charge in [0, 0.05) is 30.9 Å². The second kappa shape index (κ2) is 4.42. The molecule has 88 valence electrons. The van der Waals surface area contributed by atoms with Crippen molar-refractivity contribution in [1.29, 1.82) is 0 Å². The van der Waals surface area contributed by atoms with Crippen LogP contribution in [0.5, 0.6) is 0 Å². The minimum atomic E-state index is -0.266. The number of anilines is 1. The first-order valence-electron chi connectivity index (χ1n) is 5.84. The Bertz CT molecular complexity index is 372. The number of hydrogen-bond donors (Lipinski definition) is 1. The molecule has 0 heterocycles. The van der Waals surface area contributed by atoms with Crippen LogP contribution in [0.2, 0.25) is 0 Å². The largest absolute Gasteiger partial charge is 0.374 e. The fourth-order valence-electron chi connectivity index (χ4n) is 2.10. The number of hydrogen-bond acceptors (Lipinski definition) is 2. The molecule has 0 aromatic heterocycles. The SMILES string of the molecule is C[C@H](N)c1c(F)cccc1N(C)CC1CC1. The van der Waals surface area contributed by atoms with Crippen LogP contribution in [0.25, 0.3) is 0 Å². The van der Waals surface area contributed by atoms with Gasteiger partial charge in [0.25, 0.3) is 0 Å². The van der Waals surface area contributed by atoms with Gasteiger partial charge >= 0.3 is 0 Å². The lowest BCUT2D eigenvalue weighted by Crippen LogP contribution is -2.23. The van der Waals surface area contributed by atoms with Crippen LogP contribution in [-0.2, 0) is 0 Å². The van der Waals surface area contributed by atoms with Crippen LogP contribution in [0.4, 0.5) is 10.1 Å². The second-order valence-corrected chi connectivity index (χ2v) is 4.79. The summed E-state index contributed by atoms with van der Waals surface area (Å²) in [4.78, 5) is 2.12. The molecule has 0 radical (unpaired) electrons. The maximum absolute atomic E-state index is 13.7. The maximum atomic E-state index is 13.7. The average Bonchev–Trinajstić information content (AvgIpc) is 3.00. The van der Waals surface area contributed by atoms with Gasteiger partial charge in [-0.15, -0.1) is 0 Å². The van der Waals surface area contributed by atoms with Gasteiger partial charge in [-0.25, -0.2) is 4.39 Å². The maximum Gasteiger partial charge on any atom is 0.130 e. The molecule has 1 aliphatic carbocycles. The van der Waals surface area contributed by atoms with Crippen molar-refractivity contribution in [2.45, 2.75) is 25.8 Å². The van der Waals surface area contributed by atoms with Crippen molar-refractivity contribution in [1.82, 2.24) is 0 Å². The summed E-state index contributed by atoms with van der Waals surface area (Å²) in [6.45, 7) is 2.83.